The number of anilines is 1. The number of hydrogen-bond donors (Lipinski definition) is 1. The second kappa shape index (κ2) is 6.96. The Kier molecular flexibility index (Phi) is 4.76. The first kappa shape index (κ1) is 15.7. The molecule has 1 aromatic heterocycles. The number of nitrogens with two attached hydrogens (primary N) is 1. The van der Waals surface area contributed by atoms with Gasteiger partial charge in [-0.3, -0.25) is 4.98 Å². The zero-order valence-corrected chi connectivity index (χ0v) is 13.3. The van der Waals surface area contributed by atoms with Crippen LogP contribution >= 0.6 is 11.6 Å². The van der Waals surface area contributed by atoms with Gasteiger partial charge in [0.25, 0.3) is 0 Å². The third kappa shape index (κ3) is 3.29. The van der Waals surface area contributed by atoms with Crippen molar-refractivity contribution < 1.29 is 9.13 Å². The van der Waals surface area contributed by atoms with Crippen LogP contribution in [0.2, 0.25) is 0 Å². The van der Waals surface area contributed by atoms with Gasteiger partial charge in [0.2, 0.25) is 0 Å². The van der Waals surface area contributed by atoms with Crippen LogP contribution in [0.15, 0.2) is 36.9 Å². The maximum absolute atomic E-state index is 15.0. The monoisotopic (exact) mass is 333 g/mol. The van der Waals surface area contributed by atoms with Gasteiger partial charge in [-0.2, -0.15) is 0 Å². The fourth-order valence-corrected chi connectivity index (χ4v) is 2.63. The first-order valence-electron chi connectivity index (χ1n) is 7.48. The first-order valence-corrected chi connectivity index (χ1v) is 8.02. The van der Waals surface area contributed by atoms with Gasteiger partial charge in [0.1, 0.15) is 5.82 Å². The molecule has 0 unspecified atom stereocenters. The van der Waals surface area contributed by atoms with Crippen molar-refractivity contribution in [2.24, 2.45) is 0 Å². The molecular weight excluding hydrogens is 317 g/mol. The smallest absolute Gasteiger partial charge is 0.175 e. The molecule has 1 aliphatic rings. The molecule has 1 aromatic carbocycles. The summed E-state index contributed by atoms with van der Waals surface area (Å²) >= 11 is 5.60. The third-order valence-corrected chi connectivity index (χ3v) is 4.17. The summed E-state index contributed by atoms with van der Waals surface area (Å²) in [6, 6.07) is 3.63. The van der Waals surface area contributed by atoms with Gasteiger partial charge in [-0.05, 0) is 30.9 Å². The summed E-state index contributed by atoms with van der Waals surface area (Å²) in [4.78, 5) is 8.10. The van der Waals surface area contributed by atoms with E-state index in [9.17, 15) is 4.39 Å². The van der Waals surface area contributed by atoms with E-state index >= 15 is 0 Å². The molecule has 1 fully saturated rings. The summed E-state index contributed by atoms with van der Waals surface area (Å²) in [6.45, 7) is 0. The molecule has 0 bridgehead atoms. The van der Waals surface area contributed by atoms with Crippen molar-refractivity contribution in [1.29, 1.82) is 0 Å². The Morgan fingerprint density at radius 1 is 1.30 bits per heavy atom. The SMILES string of the molecule is Nc1cnc(-c2ccc(C3CCC3)c(O/C=C/CCl)c2F)cn1. The molecule has 120 valence electrons. The normalized spacial score (nSPS) is 14.9. The fourth-order valence-electron chi connectivity index (χ4n) is 2.56. The van der Waals surface area contributed by atoms with Crippen molar-refractivity contribution in [3.63, 3.8) is 0 Å². The molecule has 0 atom stereocenters. The van der Waals surface area contributed by atoms with E-state index in [1.54, 1.807) is 12.1 Å². The minimum absolute atomic E-state index is 0.243. The quantitative estimate of drug-likeness (QED) is 0.656. The molecule has 0 amide bonds. The van der Waals surface area contributed by atoms with Gasteiger partial charge in [0.05, 0.1) is 24.3 Å². The van der Waals surface area contributed by atoms with Crippen molar-refractivity contribution in [3.8, 4) is 17.0 Å². The van der Waals surface area contributed by atoms with Crippen LogP contribution in [-0.2, 0) is 0 Å². The molecular formula is C17H17ClFN3O. The summed E-state index contributed by atoms with van der Waals surface area (Å²) < 4.78 is 20.5. The lowest BCUT2D eigenvalue weighted by atomic mass is 9.79. The minimum atomic E-state index is -0.437. The topological polar surface area (TPSA) is 61.0 Å². The number of benzene rings is 1. The number of halogens is 2. The summed E-state index contributed by atoms with van der Waals surface area (Å²) in [5, 5.41) is 0. The van der Waals surface area contributed by atoms with E-state index in [4.69, 9.17) is 22.1 Å². The second-order valence-electron chi connectivity index (χ2n) is 5.44. The molecule has 6 heteroatoms. The van der Waals surface area contributed by atoms with E-state index in [0.717, 1.165) is 24.8 Å². The minimum Gasteiger partial charge on any atom is -0.462 e. The summed E-state index contributed by atoms with van der Waals surface area (Å²) in [5.74, 6) is 0.751. The highest BCUT2D eigenvalue weighted by Gasteiger charge is 2.26. The lowest BCUT2D eigenvalue weighted by Gasteiger charge is -2.27. The maximum atomic E-state index is 15.0. The van der Waals surface area contributed by atoms with Gasteiger partial charge in [0, 0.05) is 17.0 Å². The Hall–Kier alpha value is -2.14. The molecule has 1 aliphatic carbocycles. The molecule has 23 heavy (non-hydrogen) atoms. The summed E-state index contributed by atoms with van der Waals surface area (Å²) in [6.07, 6.45) is 9.17. The number of nitrogens with zero attached hydrogens (tertiary/aromatic N) is 2. The van der Waals surface area contributed by atoms with E-state index in [1.165, 1.54) is 18.7 Å². The fraction of sp³-hybridized carbons (Fsp3) is 0.294. The number of ether oxygens (including phenoxy) is 1. The van der Waals surface area contributed by atoms with Gasteiger partial charge in [-0.1, -0.05) is 12.5 Å². The van der Waals surface area contributed by atoms with Gasteiger partial charge >= 0.3 is 0 Å². The highest BCUT2D eigenvalue weighted by Crippen LogP contribution is 2.43. The van der Waals surface area contributed by atoms with Crippen LogP contribution in [0, 0.1) is 5.82 Å². The Morgan fingerprint density at radius 2 is 2.13 bits per heavy atom. The third-order valence-electron chi connectivity index (χ3n) is 3.99. The van der Waals surface area contributed by atoms with E-state index in [2.05, 4.69) is 9.97 Å². The van der Waals surface area contributed by atoms with E-state index < -0.39 is 5.82 Å². The Bertz CT molecular complexity index is 715. The van der Waals surface area contributed by atoms with E-state index in [1.807, 2.05) is 6.07 Å². The lowest BCUT2D eigenvalue weighted by molar-refractivity contribution is 0.383. The van der Waals surface area contributed by atoms with Crippen molar-refractivity contribution in [1.82, 2.24) is 9.97 Å². The molecule has 3 rings (SSSR count). The highest BCUT2D eigenvalue weighted by atomic mass is 35.5. The van der Waals surface area contributed by atoms with Crippen LogP contribution < -0.4 is 10.5 Å². The van der Waals surface area contributed by atoms with Crippen molar-refractivity contribution in [2.75, 3.05) is 11.6 Å². The number of aromatic nitrogens is 2. The van der Waals surface area contributed by atoms with Gasteiger partial charge < -0.3 is 10.5 Å². The number of alkyl halides is 1. The second-order valence-corrected chi connectivity index (χ2v) is 5.75. The zero-order chi connectivity index (χ0) is 16.2. The standard InChI is InChI=1S/C17H17ClFN3O/c18-7-2-8-23-17-12(11-3-1-4-11)5-6-13(16(17)19)14-9-22-15(20)10-21-14/h2,5-6,8-11H,1,3-4,7H2,(H2,20,22)/b8-2+. The number of hydrogen-bond acceptors (Lipinski definition) is 4. The van der Waals surface area contributed by atoms with Crippen LogP contribution in [0.3, 0.4) is 0 Å². The molecule has 0 spiro atoms. The molecule has 1 saturated carbocycles. The van der Waals surface area contributed by atoms with Crippen molar-refractivity contribution in [2.45, 2.75) is 25.2 Å². The number of allylic oxidation sites excluding steroid dienone is 1. The molecule has 2 aromatic rings. The van der Waals surface area contributed by atoms with Gasteiger partial charge in [-0.25, -0.2) is 9.37 Å². The van der Waals surface area contributed by atoms with E-state index in [0.29, 0.717) is 28.9 Å². The number of nitrogen functional groups attached to an aromatic ring is 1. The number of rotatable bonds is 5. The average molecular weight is 334 g/mol. The molecule has 0 radical (unpaired) electrons. The van der Waals surface area contributed by atoms with Crippen LogP contribution in [0.1, 0.15) is 30.7 Å². The maximum Gasteiger partial charge on any atom is 0.175 e. The molecule has 2 N–H and O–H groups in total. The Labute approximate surface area is 139 Å². The molecule has 4 nitrogen and oxygen atoms in total. The van der Waals surface area contributed by atoms with Crippen molar-refractivity contribution >= 4 is 17.4 Å². The van der Waals surface area contributed by atoms with Crippen LogP contribution in [0.5, 0.6) is 5.75 Å². The van der Waals surface area contributed by atoms with Crippen molar-refractivity contribution in [3.05, 3.63) is 48.2 Å². The highest BCUT2D eigenvalue weighted by molar-refractivity contribution is 6.18. The molecule has 1 heterocycles. The Balaban J connectivity index is 2.02. The molecule has 0 aliphatic heterocycles. The van der Waals surface area contributed by atoms with Gasteiger partial charge in [0.15, 0.2) is 11.6 Å². The largest absolute Gasteiger partial charge is 0.462 e. The lowest BCUT2D eigenvalue weighted by Crippen LogP contribution is -2.11. The van der Waals surface area contributed by atoms with Gasteiger partial charge in [-0.15, -0.1) is 11.6 Å². The summed E-state index contributed by atoms with van der Waals surface area (Å²) in [7, 11) is 0. The van der Waals surface area contributed by atoms with Crippen LogP contribution in [0.4, 0.5) is 10.2 Å². The predicted octanol–water partition coefficient (Wildman–Crippen LogP) is 4.26. The predicted molar refractivity (Wildman–Crippen MR) is 88.9 cm³/mol. The average Bonchev–Trinajstić information content (AvgIpc) is 2.50. The Morgan fingerprint density at radius 3 is 2.74 bits per heavy atom. The molecule has 0 saturated heterocycles. The van der Waals surface area contributed by atoms with Crippen LogP contribution in [0.25, 0.3) is 11.3 Å². The van der Waals surface area contributed by atoms with E-state index in [-0.39, 0.29) is 5.75 Å². The zero-order valence-electron chi connectivity index (χ0n) is 12.5. The summed E-state index contributed by atoms with van der Waals surface area (Å²) in [5.41, 5.74) is 7.18. The first-order chi connectivity index (χ1) is 11.2. The van der Waals surface area contributed by atoms with Crippen LogP contribution in [-0.4, -0.2) is 15.8 Å².